The van der Waals surface area contributed by atoms with Crippen molar-refractivity contribution in [2.45, 2.75) is 103 Å². The van der Waals surface area contributed by atoms with Crippen LogP contribution < -0.4 is 34.5 Å². The van der Waals surface area contributed by atoms with Gasteiger partial charge in [-0.3, -0.25) is 4.79 Å². The van der Waals surface area contributed by atoms with Crippen molar-refractivity contribution in [2.75, 3.05) is 32.8 Å². The molecule has 0 radical (unpaired) electrons. The third kappa shape index (κ3) is 17.8. The number of nitrogens with one attached hydrogen (secondary N) is 1. The molecule has 1 aliphatic rings. The topological polar surface area (TPSA) is 132 Å². The minimum atomic E-state index is -0.771. The Balaban J connectivity index is -0.00000300. The van der Waals surface area contributed by atoms with E-state index in [1.54, 1.807) is 0 Å². The van der Waals surface area contributed by atoms with Gasteiger partial charge in [0.1, 0.15) is 13.1 Å². The van der Waals surface area contributed by atoms with Gasteiger partial charge in [0.15, 0.2) is 6.54 Å². The van der Waals surface area contributed by atoms with Crippen LogP contribution in [0.1, 0.15) is 103 Å². The monoisotopic (exact) mass is 481 g/mol. The van der Waals surface area contributed by atoms with E-state index < -0.39 is 5.97 Å². The first-order valence-corrected chi connectivity index (χ1v) is 12.6. The fourth-order valence-corrected chi connectivity index (χ4v) is 4.46. The van der Waals surface area contributed by atoms with Gasteiger partial charge in [-0.2, -0.15) is 4.99 Å². The molecule has 0 bridgehead atoms. The van der Waals surface area contributed by atoms with E-state index in [9.17, 15) is 9.90 Å². The largest absolute Gasteiger partial charge is 1.00 e. The van der Waals surface area contributed by atoms with E-state index >= 15 is 0 Å². The molecule has 1 unspecified atom stereocenters. The zero-order valence-electron chi connectivity index (χ0n) is 21.4. The van der Waals surface area contributed by atoms with E-state index in [0.717, 1.165) is 25.3 Å². The summed E-state index contributed by atoms with van der Waals surface area (Å²) in [6, 6.07) is 0. The Morgan fingerprint density at radius 2 is 1.42 bits per heavy atom. The summed E-state index contributed by atoms with van der Waals surface area (Å²) in [5, 5.41) is 18.5. The van der Waals surface area contributed by atoms with Gasteiger partial charge < -0.3 is 21.2 Å². The second kappa shape index (κ2) is 24.8. The molecule has 0 spiro atoms. The van der Waals surface area contributed by atoms with Crippen molar-refractivity contribution in [3.63, 3.8) is 0 Å². The number of rotatable bonds is 20. The van der Waals surface area contributed by atoms with Crippen molar-refractivity contribution in [3.05, 3.63) is 12.2 Å². The molecule has 0 aromatic heterocycles. The zero-order chi connectivity index (χ0) is 21.9. The number of amidine groups is 1. The summed E-state index contributed by atoms with van der Waals surface area (Å²) in [6.07, 6.45) is 23.4. The number of aliphatic hydroxyl groups excluding tert-OH is 1. The van der Waals surface area contributed by atoms with Gasteiger partial charge in [0.05, 0.1) is 25.6 Å². The molecule has 0 saturated heterocycles. The van der Waals surface area contributed by atoms with Gasteiger partial charge in [0, 0.05) is 0 Å². The quantitative estimate of drug-likeness (QED) is 0.132. The van der Waals surface area contributed by atoms with Crippen LogP contribution in [0, 0.1) is 0 Å². The number of carboxylic acids is 1. The van der Waals surface area contributed by atoms with Crippen LogP contribution in [-0.2, 0) is 4.79 Å². The molecular weight excluding hydrogens is 431 g/mol. The number of carboxylic acid groups (broad SMARTS) is 1. The number of hydrogen-bond donors (Lipinski definition) is 3. The maximum atomic E-state index is 11.0. The molecule has 8 heteroatoms. The molecule has 0 aromatic carbocycles. The minimum absolute atomic E-state index is 0. The summed E-state index contributed by atoms with van der Waals surface area (Å²) in [7, 11) is 0. The first-order valence-electron chi connectivity index (χ1n) is 12.6. The molecule has 1 rings (SSSR count). The minimum Gasteiger partial charge on any atom is -0.870 e. The molecule has 1 aliphatic heterocycles. The fraction of sp³-hybridized carbons (Fsp3) is 0.840. The zero-order valence-corrected chi connectivity index (χ0v) is 23.4. The van der Waals surface area contributed by atoms with Gasteiger partial charge in [-0.15, -0.1) is 0 Å². The number of carbonyl (C=O) groups is 1. The number of aliphatic carboxylic acids is 1. The summed E-state index contributed by atoms with van der Waals surface area (Å²) < 4.78 is 0.567. The van der Waals surface area contributed by atoms with Crippen molar-refractivity contribution in [2.24, 2.45) is 0 Å². The van der Waals surface area contributed by atoms with Gasteiger partial charge >= 0.3 is 41.4 Å². The first-order chi connectivity index (χ1) is 14.6. The van der Waals surface area contributed by atoms with E-state index in [-0.39, 0.29) is 53.5 Å². The maximum absolute atomic E-state index is 11.0. The molecule has 33 heavy (non-hydrogen) atoms. The summed E-state index contributed by atoms with van der Waals surface area (Å²) in [6.45, 7) is 5.18. The molecule has 5 N–H and O–H groups in total. The Kier molecular flexibility index (Phi) is 28.0. The molecule has 0 fully saturated rings. The molecule has 1 heterocycles. The van der Waals surface area contributed by atoms with Crippen molar-refractivity contribution in [1.82, 2.24) is 0 Å². The van der Waals surface area contributed by atoms with Crippen LogP contribution in [0.4, 0.5) is 0 Å². The van der Waals surface area contributed by atoms with Crippen LogP contribution in [-0.4, -0.2) is 70.2 Å². The van der Waals surface area contributed by atoms with Gasteiger partial charge in [-0.25, -0.2) is 4.48 Å². The van der Waals surface area contributed by atoms with Gasteiger partial charge in [0.25, 0.3) is 0 Å². The summed E-state index contributed by atoms with van der Waals surface area (Å²) in [4.78, 5) is 14.4. The molecule has 1 atom stereocenters. The second-order valence-electron chi connectivity index (χ2n) is 8.93. The van der Waals surface area contributed by atoms with Crippen LogP contribution in [0.5, 0.6) is 0 Å². The van der Waals surface area contributed by atoms with Crippen LogP contribution in [0.15, 0.2) is 12.2 Å². The standard InChI is InChI=1S/C25H46N2O3.Na.2H2O/c1-2-3-4-5-6-7-8-9-10-11-12-13-14-15-16-17-24-26-19-21-27(24,22-23-28)20-18-25(29)30;;;/h16-17,28H,2-15,18-23H2,1H3;;2*1H2/q;+1;;/b17-16+;;;. The van der Waals surface area contributed by atoms with Crippen molar-refractivity contribution in [1.29, 1.82) is 0 Å². The van der Waals surface area contributed by atoms with E-state index in [1.165, 1.54) is 83.5 Å². The number of quaternary nitrogens is 1. The van der Waals surface area contributed by atoms with Crippen molar-refractivity contribution >= 4 is 11.8 Å². The van der Waals surface area contributed by atoms with Gasteiger partial charge in [-0.1, -0.05) is 90.0 Å². The predicted octanol–water partition coefficient (Wildman–Crippen LogP) is 0.451. The van der Waals surface area contributed by atoms with Gasteiger partial charge in [-0.05, 0) is 12.8 Å². The average molecular weight is 482 g/mol. The Labute approximate surface area is 224 Å². The Morgan fingerprint density at radius 3 is 1.91 bits per heavy atom. The Hall–Kier alpha value is -0.280. The predicted molar refractivity (Wildman–Crippen MR) is 128 cm³/mol. The normalized spacial score (nSPS) is 17.2. The van der Waals surface area contributed by atoms with Crippen LogP contribution in [0.25, 0.3) is 0 Å². The van der Waals surface area contributed by atoms with Crippen LogP contribution >= 0.6 is 0 Å². The molecular formula is C25H50N2NaO5+. The summed E-state index contributed by atoms with van der Waals surface area (Å²) in [5.41, 5.74) is 0. The molecule has 7 nitrogen and oxygen atoms in total. The molecule has 190 valence electrons. The number of hydrogen-bond acceptors (Lipinski definition) is 4. The van der Waals surface area contributed by atoms with E-state index in [2.05, 4.69) is 24.1 Å². The number of unbranched alkanes of at least 4 members (excludes halogenated alkanes) is 13. The van der Waals surface area contributed by atoms with E-state index in [1.807, 2.05) is 0 Å². The van der Waals surface area contributed by atoms with E-state index in [4.69, 9.17) is 5.11 Å². The smallest absolute Gasteiger partial charge is 0.870 e. The summed E-state index contributed by atoms with van der Waals surface area (Å²) >= 11 is 0. The Morgan fingerprint density at radius 1 is 0.909 bits per heavy atom. The van der Waals surface area contributed by atoms with Crippen LogP contribution in [0.2, 0.25) is 0 Å². The molecule has 0 aromatic rings. The third-order valence-corrected chi connectivity index (χ3v) is 6.39. The molecule has 0 amide bonds. The number of allylic oxidation sites excluding steroid dienone is 1. The number of aliphatic hydroxyl groups is 1. The Bertz CT molecular complexity index is 517. The SMILES string of the molecule is CCCCCCCCCCCCCCC/C=C/C1=[NH+]CC[N+]1(CCO)CCC(=O)O.[Na+].[OH-].[OH-]. The summed E-state index contributed by atoms with van der Waals surface area (Å²) in [5.74, 6) is 0.299. The van der Waals surface area contributed by atoms with Crippen molar-refractivity contribution < 1.29 is 65.0 Å². The fourth-order valence-electron chi connectivity index (χ4n) is 4.46. The van der Waals surface area contributed by atoms with Crippen molar-refractivity contribution in [3.8, 4) is 0 Å². The molecule has 0 saturated carbocycles. The first kappa shape index (κ1) is 37.3. The third-order valence-electron chi connectivity index (χ3n) is 6.39. The van der Waals surface area contributed by atoms with Gasteiger partial charge in [0.2, 0.25) is 0 Å². The van der Waals surface area contributed by atoms with E-state index in [0.29, 0.717) is 17.6 Å². The average Bonchev–Trinajstić information content (AvgIpc) is 3.12. The number of nitrogens with zero attached hydrogens (tertiary/aromatic N) is 1. The maximum Gasteiger partial charge on any atom is 1.00 e. The molecule has 0 aliphatic carbocycles. The second-order valence-corrected chi connectivity index (χ2v) is 8.93. The van der Waals surface area contributed by atoms with Crippen LogP contribution in [0.3, 0.4) is 0 Å².